The van der Waals surface area contributed by atoms with Gasteiger partial charge in [-0.2, -0.15) is 0 Å². The SMILES string of the molecule is O=Cc1c(O)cccc1OCC1CCCCN1C(=O)c1cccnc1CCO. The normalized spacial score (nSPS) is 16.6. The number of hydrogen-bond acceptors (Lipinski definition) is 6. The second-order valence-electron chi connectivity index (χ2n) is 6.74. The van der Waals surface area contributed by atoms with E-state index in [1.165, 1.54) is 6.07 Å². The molecule has 1 saturated heterocycles. The summed E-state index contributed by atoms with van der Waals surface area (Å²) in [6.45, 7) is 0.766. The fourth-order valence-corrected chi connectivity index (χ4v) is 3.50. The minimum atomic E-state index is -0.148. The monoisotopic (exact) mass is 384 g/mol. The molecule has 1 aliphatic rings. The van der Waals surface area contributed by atoms with Crippen LogP contribution in [0.5, 0.6) is 11.5 Å². The molecule has 28 heavy (non-hydrogen) atoms. The molecule has 2 heterocycles. The number of hydrogen-bond donors (Lipinski definition) is 2. The van der Waals surface area contributed by atoms with Gasteiger partial charge in [0, 0.05) is 25.8 Å². The van der Waals surface area contributed by atoms with E-state index in [0.29, 0.717) is 36.3 Å². The van der Waals surface area contributed by atoms with Crippen molar-refractivity contribution in [2.75, 3.05) is 19.8 Å². The van der Waals surface area contributed by atoms with E-state index in [2.05, 4.69) is 4.98 Å². The van der Waals surface area contributed by atoms with Crippen LogP contribution in [0.4, 0.5) is 0 Å². The molecule has 1 amide bonds. The van der Waals surface area contributed by atoms with Gasteiger partial charge in [0.2, 0.25) is 0 Å². The number of rotatable bonds is 7. The van der Waals surface area contributed by atoms with Gasteiger partial charge in [-0.1, -0.05) is 6.07 Å². The number of piperidine rings is 1. The average Bonchev–Trinajstić information content (AvgIpc) is 2.72. The van der Waals surface area contributed by atoms with Gasteiger partial charge in [-0.25, -0.2) is 0 Å². The highest BCUT2D eigenvalue weighted by atomic mass is 16.5. The molecule has 1 atom stereocenters. The first kappa shape index (κ1) is 19.8. The molecule has 0 saturated carbocycles. The number of aliphatic hydroxyl groups is 1. The first-order valence-corrected chi connectivity index (χ1v) is 9.41. The van der Waals surface area contributed by atoms with Gasteiger partial charge in [-0.15, -0.1) is 0 Å². The Morgan fingerprint density at radius 2 is 2.14 bits per heavy atom. The van der Waals surface area contributed by atoms with Crippen LogP contribution in [0.15, 0.2) is 36.5 Å². The Morgan fingerprint density at radius 1 is 1.29 bits per heavy atom. The van der Waals surface area contributed by atoms with Gasteiger partial charge < -0.3 is 19.8 Å². The van der Waals surface area contributed by atoms with Gasteiger partial charge in [0.1, 0.15) is 18.1 Å². The van der Waals surface area contributed by atoms with E-state index in [0.717, 1.165) is 19.3 Å². The molecule has 7 heteroatoms. The van der Waals surface area contributed by atoms with Gasteiger partial charge in [-0.05, 0) is 43.5 Å². The molecule has 2 N–H and O–H groups in total. The summed E-state index contributed by atoms with van der Waals surface area (Å²) in [4.78, 5) is 30.4. The van der Waals surface area contributed by atoms with Gasteiger partial charge in [0.15, 0.2) is 6.29 Å². The lowest BCUT2D eigenvalue weighted by atomic mass is 10.0. The van der Waals surface area contributed by atoms with Crippen molar-refractivity contribution in [3.05, 3.63) is 53.3 Å². The largest absolute Gasteiger partial charge is 0.507 e. The van der Waals surface area contributed by atoms with Gasteiger partial charge >= 0.3 is 0 Å². The van der Waals surface area contributed by atoms with Gasteiger partial charge in [-0.3, -0.25) is 14.6 Å². The summed E-state index contributed by atoms with van der Waals surface area (Å²) in [5.41, 5.74) is 1.18. The number of likely N-dealkylation sites (tertiary alicyclic amines) is 1. The maximum Gasteiger partial charge on any atom is 0.256 e. The van der Waals surface area contributed by atoms with Crippen LogP contribution in [-0.2, 0) is 6.42 Å². The number of phenolic OH excluding ortho intramolecular Hbond substituents is 1. The molecular formula is C21H24N2O5. The number of amides is 1. The highest BCUT2D eigenvalue weighted by molar-refractivity contribution is 5.95. The highest BCUT2D eigenvalue weighted by Gasteiger charge is 2.29. The molecule has 0 radical (unpaired) electrons. The van der Waals surface area contributed by atoms with Crippen molar-refractivity contribution in [2.24, 2.45) is 0 Å². The van der Waals surface area contributed by atoms with E-state index in [9.17, 15) is 19.8 Å². The third kappa shape index (κ3) is 4.31. The van der Waals surface area contributed by atoms with E-state index in [1.807, 2.05) is 0 Å². The van der Waals surface area contributed by atoms with E-state index < -0.39 is 0 Å². The second kappa shape index (κ2) is 9.32. The minimum Gasteiger partial charge on any atom is -0.507 e. The average molecular weight is 384 g/mol. The second-order valence-corrected chi connectivity index (χ2v) is 6.74. The number of carbonyl (C=O) groups is 2. The smallest absolute Gasteiger partial charge is 0.256 e. The number of pyridine rings is 1. The highest BCUT2D eigenvalue weighted by Crippen LogP contribution is 2.27. The first-order valence-electron chi connectivity index (χ1n) is 9.41. The Labute approximate surface area is 163 Å². The number of aliphatic hydroxyl groups excluding tert-OH is 1. The molecule has 1 aromatic heterocycles. The molecule has 2 aromatic rings. The van der Waals surface area contributed by atoms with Crippen molar-refractivity contribution < 1.29 is 24.5 Å². The topological polar surface area (TPSA) is 100.0 Å². The van der Waals surface area contributed by atoms with E-state index >= 15 is 0 Å². The maximum atomic E-state index is 13.1. The summed E-state index contributed by atoms with van der Waals surface area (Å²) in [5.74, 6) is 0.0415. The van der Waals surface area contributed by atoms with E-state index in [1.54, 1.807) is 35.4 Å². The zero-order valence-corrected chi connectivity index (χ0v) is 15.6. The van der Waals surface area contributed by atoms with Crippen LogP contribution in [0.3, 0.4) is 0 Å². The van der Waals surface area contributed by atoms with Crippen LogP contribution < -0.4 is 4.74 Å². The third-order valence-electron chi connectivity index (χ3n) is 4.95. The van der Waals surface area contributed by atoms with Crippen LogP contribution in [-0.4, -0.2) is 58.1 Å². The Kier molecular flexibility index (Phi) is 6.60. The molecule has 7 nitrogen and oxygen atoms in total. The van der Waals surface area contributed by atoms with Crippen LogP contribution in [0.2, 0.25) is 0 Å². The van der Waals surface area contributed by atoms with Crippen LogP contribution in [0.25, 0.3) is 0 Å². The number of aromatic nitrogens is 1. The summed E-state index contributed by atoms with van der Waals surface area (Å²) in [7, 11) is 0. The zero-order valence-electron chi connectivity index (χ0n) is 15.6. The van der Waals surface area contributed by atoms with E-state index in [-0.39, 0.29) is 36.5 Å². The molecule has 0 aliphatic carbocycles. The lowest BCUT2D eigenvalue weighted by Gasteiger charge is -2.36. The Balaban J connectivity index is 1.77. The number of benzene rings is 1. The Hall–Kier alpha value is -2.93. The molecule has 0 bridgehead atoms. The summed E-state index contributed by atoms with van der Waals surface area (Å²) >= 11 is 0. The Morgan fingerprint density at radius 3 is 2.93 bits per heavy atom. The summed E-state index contributed by atoms with van der Waals surface area (Å²) < 4.78 is 5.80. The number of ether oxygens (including phenoxy) is 1. The number of nitrogens with zero attached hydrogens (tertiary/aromatic N) is 2. The molecule has 1 aliphatic heterocycles. The summed E-state index contributed by atoms with van der Waals surface area (Å²) in [5, 5.41) is 19.0. The zero-order chi connectivity index (χ0) is 19.9. The lowest BCUT2D eigenvalue weighted by molar-refractivity contribution is 0.0525. The predicted molar refractivity (Wildman–Crippen MR) is 103 cm³/mol. The number of carbonyl (C=O) groups excluding carboxylic acids is 2. The molecule has 1 unspecified atom stereocenters. The Bertz CT molecular complexity index is 839. The predicted octanol–water partition coefficient (Wildman–Crippen LogP) is 2.21. The van der Waals surface area contributed by atoms with Crippen LogP contribution >= 0.6 is 0 Å². The molecule has 0 spiro atoms. The maximum absolute atomic E-state index is 13.1. The van der Waals surface area contributed by atoms with Crippen molar-refractivity contribution in [1.29, 1.82) is 0 Å². The fourth-order valence-electron chi connectivity index (χ4n) is 3.50. The van der Waals surface area contributed by atoms with Gasteiger partial charge in [0.25, 0.3) is 5.91 Å². The number of aldehydes is 1. The van der Waals surface area contributed by atoms with Gasteiger partial charge in [0.05, 0.1) is 22.9 Å². The van der Waals surface area contributed by atoms with Crippen molar-refractivity contribution in [3.8, 4) is 11.5 Å². The summed E-state index contributed by atoms with van der Waals surface area (Å²) in [6, 6.07) is 7.96. The van der Waals surface area contributed by atoms with Crippen LogP contribution in [0.1, 0.15) is 45.7 Å². The van der Waals surface area contributed by atoms with Crippen LogP contribution in [0, 0.1) is 0 Å². The third-order valence-corrected chi connectivity index (χ3v) is 4.95. The minimum absolute atomic E-state index is 0.0736. The lowest BCUT2D eigenvalue weighted by Crippen LogP contribution is -2.47. The van der Waals surface area contributed by atoms with Crippen molar-refractivity contribution in [1.82, 2.24) is 9.88 Å². The molecular weight excluding hydrogens is 360 g/mol. The molecule has 148 valence electrons. The summed E-state index contributed by atoms with van der Waals surface area (Å²) in [6.07, 6.45) is 5.17. The fraction of sp³-hybridized carbons (Fsp3) is 0.381. The standard InChI is InChI=1S/C21H24N2O5/c24-12-9-18-16(6-4-10-22-18)21(27)23-11-2-1-5-15(23)14-28-20-8-3-7-19(26)17(20)13-25/h3-4,6-8,10,13,15,24,26H,1-2,5,9,11-12,14H2. The van der Waals surface area contributed by atoms with Crippen molar-refractivity contribution >= 4 is 12.2 Å². The molecule has 1 aromatic carbocycles. The van der Waals surface area contributed by atoms with Crippen molar-refractivity contribution in [3.63, 3.8) is 0 Å². The van der Waals surface area contributed by atoms with E-state index in [4.69, 9.17) is 4.74 Å². The van der Waals surface area contributed by atoms with Crippen molar-refractivity contribution in [2.45, 2.75) is 31.7 Å². The number of phenols is 1. The molecule has 3 rings (SSSR count). The molecule has 1 fully saturated rings. The quantitative estimate of drug-likeness (QED) is 0.710. The first-order chi connectivity index (χ1) is 13.7. The number of aromatic hydroxyl groups is 1.